The van der Waals surface area contributed by atoms with Crippen molar-refractivity contribution in [2.45, 2.75) is 6.92 Å². The highest BCUT2D eigenvalue weighted by atomic mass is 16.2. The summed E-state index contributed by atoms with van der Waals surface area (Å²) in [5.74, 6) is -0.179. The molecule has 0 aliphatic heterocycles. The second-order valence-electron chi connectivity index (χ2n) is 2.10. The third-order valence-electron chi connectivity index (χ3n) is 1.02. The zero-order valence-electron chi connectivity index (χ0n) is 6.22. The highest BCUT2D eigenvalue weighted by Crippen LogP contribution is 1.93. The molecule has 0 aromatic carbocycles. The lowest BCUT2D eigenvalue weighted by Crippen LogP contribution is -2.27. The van der Waals surface area contributed by atoms with E-state index < -0.39 is 0 Å². The van der Waals surface area contributed by atoms with Crippen LogP contribution in [0.5, 0.6) is 0 Å². The molecule has 0 fully saturated rings. The van der Waals surface area contributed by atoms with Crippen LogP contribution in [0.4, 0.5) is 0 Å². The zero-order valence-corrected chi connectivity index (χ0v) is 6.22. The molecule has 0 aliphatic carbocycles. The summed E-state index contributed by atoms with van der Waals surface area (Å²) in [7, 11) is 1.57. The molecule has 0 aromatic rings. The maximum absolute atomic E-state index is 10.9. The molecule has 3 nitrogen and oxygen atoms in total. The average molecular weight is 138 g/mol. The van der Waals surface area contributed by atoms with Gasteiger partial charge in [-0.2, -0.15) is 5.26 Å². The number of amides is 1. The fourth-order valence-electron chi connectivity index (χ4n) is 0.504. The second kappa shape index (κ2) is 3.67. The highest BCUT2D eigenvalue weighted by molar-refractivity contribution is 5.92. The third kappa shape index (κ3) is 2.31. The van der Waals surface area contributed by atoms with Gasteiger partial charge in [0.1, 0.15) is 6.54 Å². The molecule has 0 bridgehead atoms. The van der Waals surface area contributed by atoms with Crippen LogP contribution in [0.25, 0.3) is 0 Å². The molecule has 0 aromatic heterocycles. The van der Waals surface area contributed by atoms with E-state index >= 15 is 0 Å². The van der Waals surface area contributed by atoms with Crippen LogP contribution in [0.3, 0.4) is 0 Å². The minimum atomic E-state index is -0.179. The van der Waals surface area contributed by atoms with E-state index in [1.54, 1.807) is 14.0 Å². The fraction of sp³-hybridized carbons (Fsp3) is 0.429. The molecule has 0 saturated carbocycles. The first-order valence-electron chi connectivity index (χ1n) is 2.87. The molecule has 1 amide bonds. The number of rotatable bonds is 2. The number of nitrogens with zero attached hydrogens (tertiary/aromatic N) is 2. The van der Waals surface area contributed by atoms with Gasteiger partial charge in [0.05, 0.1) is 6.07 Å². The third-order valence-corrected chi connectivity index (χ3v) is 1.02. The Morgan fingerprint density at radius 3 is 2.60 bits per heavy atom. The molecule has 10 heavy (non-hydrogen) atoms. The molecule has 54 valence electrons. The van der Waals surface area contributed by atoms with Crippen molar-refractivity contribution in [3.05, 3.63) is 12.2 Å². The normalized spacial score (nSPS) is 8.10. The van der Waals surface area contributed by atoms with E-state index in [0.717, 1.165) is 0 Å². The number of carbonyl (C=O) groups is 1. The van der Waals surface area contributed by atoms with Gasteiger partial charge >= 0.3 is 0 Å². The summed E-state index contributed by atoms with van der Waals surface area (Å²) >= 11 is 0. The largest absolute Gasteiger partial charge is 0.329 e. The molecule has 0 rings (SSSR count). The van der Waals surface area contributed by atoms with E-state index in [1.807, 2.05) is 6.07 Å². The number of nitriles is 1. The van der Waals surface area contributed by atoms with Crippen LogP contribution >= 0.6 is 0 Å². The number of likely N-dealkylation sites (N-methyl/N-ethyl adjacent to an activating group) is 1. The maximum Gasteiger partial charge on any atom is 0.249 e. The zero-order chi connectivity index (χ0) is 8.15. The summed E-state index contributed by atoms with van der Waals surface area (Å²) < 4.78 is 0. The van der Waals surface area contributed by atoms with Crippen LogP contribution < -0.4 is 0 Å². The van der Waals surface area contributed by atoms with Gasteiger partial charge in [-0.05, 0) is 6.92 Å². The van der Waals surface area contributed by atoms with Gasteiger partial charge in [0, 0.05) is 12.6 Å². The lowest BCUT2D eigenvalue weighted by molar-refractivity contribution is -0.125. The van der Waals surface area contributed by atoms with Crippen molar-refractivity contribution in [2.75, 3.05) is 13.6 Å². The van der Waals surface area contributed by atoms with Gasteiger partial charge in [0.25, 0.3) is 0 Å². The van der Waals surface area contributed by atoms with Crippen LogP contribution in [0.15, 0.2) is 12.2 Å². The van der Waals surface area contributed by atoms with Gasteiger partial charge in [0.2, 0.25) is 5.91 Å². The summed E-state index contributed by atoms with van der Waals surface area (Å²) in [5, 5.41) is 8.19. The van der Waals surface area contributed by atoms with Crippen molar-refractivity contribution >= 4 is 5.91 Å². The van der Waals surface area contributed by atoms with Gasteiger partial charge in [-0.3, -0.25) is 4.79 Å². The van der Waals surface area contributed by atoms with Gasteiger partial charge < -0.3 is 4.90 Å². The fourth-order valence-corrected chi connectivity index (χ4v) is 0.504. The molecule has 3 heteroatoms. The standard InChI is InChI=1S/C7H10N2O/c1-6(2)7(10)9(3)5-4-8/h1,5H2,2-3H3. The van der Waals surface area contributed by atoms with Crippen LogP contribution in [-0.2, 0) is 4.79 Å². The van der Waals surface area contributed by atoms with Gasteiger partial charge in [-0.15, -0.1) is 0 Å². The minimum absolute atomic E-state index is 0.117. The Morgan fingerprint density at radius 1 is 1.80 bits per heavy atom. The summed E-state index contributed by atoms with van der Waals surface area (Å²) in [4.78, 5) is 12.2. The van der Waals surface area contributed by atoms with Gasteiger partial charge in [-0.1, -0.05) is 6.58 Å². The van der Waals surface area contributed by atoms with E-state index in [1.165, 1.54) is 4.90 Å². The molecule has 0 unspecified atom stereocenters. The Bertz CT molecular complexity index is 190. The highest BCUT2D eigenvalue weighted by Gasteiger charge is 2.06. The summed E-state index contributed by atoms with van der Waals surface area (Å²) in [6.07, 6.45) is 0. The van der Waals surface area contributed by atoms with Crippen LogP contribution in [-0.4, -0.2) is 24.4 Å². The molecular formula is C7H10N2O. The van der Waals surface area contributed by atoms with Gasteiger partial charge in [-0.25, -0.2) is 0 Å². The van der Waals surface area contributed by atoms with Crippen molar-refractivity contribution in [1.29, 1.82) is 5.26 Å². The van der Waals surface area contributed by atoms with Crippen LogP contribution in [0.1, 0.15) is 6.92 Å². The van der Waals surface area contributed by atoms with E-state index in [2.05, 4.69) is 6.58 Å². The molecule has 0 spiro atoms. The molecule has 0 atom stereocenters. The van der Waals surface area contributed by atoms with Crippen molar-refractivity contribution in [3.8, 4) is 6.07 Å². The lowest BCUT2D eigenvalue weighted by Gasteiger charge is -2.11. The molecule has 0 radical (unpaired) electrons. The quantitative estimate of drug-likeness (QED) is 0.413. The van der Waals surface area contributed by atoms with Crippen molar-refractivity contribution in [1.82, 2.24) is 4.90 Å². The van der Waals surface area contributed by atoms with Crippen LogP contribution in [0.2, 0.25) is 0 Å². The van der Waals surface area contributed by atoms with E-state index in [9.17, 15) is 4.79 Å². The van der Waals surface area contributed by atoms with Crippen molar-refractivity contribution in [2.24, 2.45) is 0 Å². The average Bonchev–Trinajstić information content (AvgIpc) is 1.87. The second-order valence-corrected chi connectivity index (χ2v) is 2.10. The Balaban J connectivity index is 3.98. The van der Waals surface area contributed by atoms with E-state index in [0.29, 0.717) is 5.57 Å². The first-order valence-corrected chi connectivity index (χ1v) is 2.87. The first-order chi connectivity index (χ1) is 4.59. The number of hydrogen-bond acceptors (Lipinski definition) is 2. The number of carbonyl (C=O) groups excluding carboxylic acids is 1. The Morgan fingerprint density at radius 2 is 2.30 bits per heavy atom. The molecule has 0 N–H and O–H groups in total. The summed E-state index contributed by atoms with van der Waals surface area (Å²) in [5.41, 5.74) is 0.456. The monoisotopic (exact) mass is 138 g/mol. The maximum atomic E-state index is 10.9. The predicted octanol–water partition coefficient (Wildman–Crippen LogP) is 0.544. The topological polar surface area (TPSA) is 44.1 Å². The molecule has 0 heterocycles. The van der Waals surface area contributed by atoms with Crippen molar-refractivity contribution < 1.29 is 4.79 Å². The lowest BCUT2D eigenvalue weighted by atomic mass is 10.3. The molecular weight excluding hydrogens is 128 g/mol. The summed E-state index contributed by atoms with van der Waals surface area (Å²) in [6.45, 7) is 5.20. The Labute approximate surface area is 60.6 Å². The van der Waals surface area contributed by atoms with Crippen molar-refractivity contribution in [3.63, 3.8) is 0 Å². The molecule has 0 saturated heterocycles. The SMILES string of the molecule is C=C(C)C(=O)N(C)CC#N. The van der Waals surface area contributed by atoms with Gasteiger partial charge in [0.15, 0.2) is 0 Å². The van der Waals surface area contributed by atoms with E-state index in [-0.39, 0.29) is 12.5 Å². The summed E-state index contributed by atoms with van der Waals surface area (Å²) in [6, 6.07) is 1.87. The first kappa shape index (κ1) is 8.70. The molecule has 0 aliphatic rings. The Kier molecular flexibility index (Phi) is 3.20. The predicted molar refractivity (Wildman–Crippen MR) is 38.1 cm³/mol. The minimum Gasteiger partial charge on any atom is -0.329 e. The van der Waals surface area contributed by atoms with E-state index in [4.69, 9.17) is 5.26 Å². The smallest absolute Gasteiger partial charge is 0.249 e. The Hall–Kier alpha value is -1.30. The van der Waals surface area contributed by atoms with Crippen LogP contribution in [0, 0.1) is 11.3 Å². The number of hydrogen-bond donors (Lipinski definition) is 0.